The molecule has 23 heavy (non-hydrogen) atoms. The quantitative estimate of drug-likeness (QED) is 0.882. The van der Waals surface area contributed by atoms with E-state index in [1.54, 1.807) is 17.0 Å². The average molecular weight is 334 g/mol. The lowest BCUT2D eigenvalue weighted by Gasteiger charge is -2.30. The van der Waals surface area contributed by atoms with Crippen molar-refractivity contribution in [2.75, 3.05) is 13.1 Å². The molecule has 0 bridgehead atoms. The molecule has 0 radical (unpaired) electrons. The number of pyridine rings is 1. The lowest BCUT2D eigenvalue weighted by molar-refractivity contribution is 0.0713. The van der Waals surface area contributed by atoms with Crippen molar-refractivity contribution in [1.82, 2.24) is 9.88 Å². The monoisotopic (exact) mass is 333 g/mol. The minimum absolute atomic E-state index is 0. The molecule has 1 aliphatic rings. The number of halogens is 1. The molecule has 0 aliphatic carbocycles. The van der Waals surface area contributed by atoms with E-state index in [1.807, 2.05) is 30.3 Å². The zero-order chi connectivity index (χ0) is 15.5. The van der Waals surface area contributed by atoms with Crippen molar-refractivity contribution in [2.45, 2.75) is 18.9 Å². The summed E-state index contributed by atoms with van der Waals surface area (Å²) < 4.78 is 0. The third-order valence-corrected chi connectivity index (χ3v) is 4.05. The van der Waals surface area contributed by atoms with E-state index >= 15 is 0 Å². The highest BCUT2D eigenvalue weighted by molar-refractivity contribution is 5.94. The van der Waals surface area contributed by atoms with Crippen LogP contribution in [0.15, 0.2) is 47.3 Å². The van der Waals surface area contributed by atoms with Crippen molar-refractivity contribution in [1.29, 1.82) is 0 Å². The predicted octanol–water partition coefficient (Wildman–Crippen LogP) is 2.03. The van der Waals surface area contributed by atoms with Crippen molar-refractivity contribution in [2.24, 2.45) is 5.73 Å². The molecular weight excluding hydrogens is 314 g/mol. The molecular formula is C17H20ClN3O2. The third-order valence-electron chi connectivity index (χ3n) is 4.05. The standard InChI is InChI=1S/C17H19N3O2.ClH/c18-13-8-10-20(11-9-13)17(22)14-6-7-15(19-16(14)21)12-4-2-1-3-5-12;/h1-7,13H,8-11,18H2,(H,19,21);1H. The number of aromatic amines is 1. The molecule has 1 fully saturated rings. The zero-order valence-electron chi connectivity index (χ0n) is 12.7. The SMILES string of the molecule is Cl.NC1CCN(C(=O)c2ccc(-c3ccccc3)[nH]c2=O)CC1. The molecule has 2 aromatic rings. The Morgan fingerprint density at radius 2 is 1.74 bits per heavy atom. The fraction of sp³-hybridized carbons (Fsp3) is 0.294. The number of nitrogens with two attached hydrogens (primary N) is 1. The summed E-state index contributed by atoms with van der Waals surface area (Å²) in [4.78, 5) is 29.2. The first-order chi connectivity index (χ1) is 10.6. The summed E-state index contributed by atoms with van der Waals surface area (Å²) in [6, 6.07) is 13.1. The Morgan fingerprint density at radius 1 is 1.09 bits per heavy atom. The van der Waals surface area contributed by atoms with Gasteiger partial charge in [0.1, 0.15) is 5.56 Å². The van der Waals surface area contributed by atoms with Gasteiger partial charge in [-0.15, -0.1) is 12.4 Å². The van der Waals surface area contributed by atoms with Gasteiger partial charge in [-0.25, -0.2) is 0 Å². The topological polar surface area (TPSA) is 79.2 Å². The van der Waals surface area contributed by atoms with Crippen LogP contribution >= 0.6 is 12.4 Å². The van der Waals surface area contributed by atoms with Crippen LogP contribution in [0.25, 0.3) is 11.3 Å². The van der Waals surface area contributed by atoms with Gasteiger partial charge in [0.2, 0.25) is 0 Å². The number of hydrogen-bond acceptors (Lipinski definition) is 3. The first-order valence-electron chi connectivity index (χ1n) is 7.49. The van der Waals surface area contributed by atoms with Gasteiger partial charge in [0.15, 0.2) is 0 Å². The van der Waals surface area contributed by atoms with Gasteiger partial charge in [0.05, 0.1) is 0 Å². The highest BCUT2D eigenvalue weighted by Crippen LogP contribution is 2.16. The maximum Gasteiger partial charge on any atom is 0.261 e. The molecule has 6 heteroatoms. The van der Waals surface area contributed by atoms with Crippen LogP contribution in [0.2, 0.25) is 0 Å². The van der Waals surface area contributed by atoms with Crippen LogP contribution in [0.4, 0.5) is 0 Å². The van der Waals surface area contributed by atoms with Gasteiger partial charge in [0, 0.05) is 24.8 Å². The van der Waals surface area contributed by atoms with E-state index < -0.39 is 0 Å². The number of piperidine rings is 1. The first-order valence-corrected chi connectivity index (χ1v) is 7.49. The molecule has 1 amide bonds. The Labute approximate surface area is 140 Å². The number of nitrogens with one attached hydrogen (secondary N) is 1. The molecule has 3 rings (SSSR count). The van der Waals surface area contributed by atoms with Gasteiger partial charge in [0.25, 0.3) is 11.5 Å². The van der Waals surface area contributed by atoms with Gasteiger partial charge in [-0.1, -0.05) is 30.3 Å². The Hall–Kier alpha value is -2.11. The predicted molar refractivity (Wildman–Crippen MR) is 92.9 cm³/mol. The third kappa shape index (κ3) is 3.81. The van der Waals surface area contributed by atoms with E-state index in [-0.39, 0.29) is 35.5 Å². The van der Waals surface area contributed by atoms with Crippen LogP contribution in [0.1, 0.15) is 23.2 Å². The molecule has 0 spiro atoms. The van der Waals surface area contributed by atoms with Crippen LogP contribution in [0.3, 0.4) is 0 Å². The number of rotatable bonds is 2. The Balaban J connectivity index is 0.00000192. The number of amides is 1. The molecule has 2 heterocycles. The van der Waals surface area contributed by atoms with Crippen molar-refractivity contribution in [3.63, 3.8) is 0 Å². The van der Waals surface area contributed by atoms with Gasteiger partial charge < -0.3 is 15.6 Å². The van der Waals surface area contributed by atoms with Crippen molar-refractivity contribution in [3.05, 3.63) is 58.4 Å². The summed E-state index contributed by atoms with van der Waals surface area (Å²) in [5, 5.41) is 0. The number of benzene rings is 1. The molecule has 122 valence electrons. The van der Waals surface area contributed by atoms with Gasteiger partial charge in [-0.2, -0.15) is 0 Å². The highest BCUT2D eigenvalue weighted by atomic mass is 35.5. The summed E-state index contributed by atoms with van der Waals surface area (Å²) in [5.74, 6) is -0.215. The Bertz CT molecular complexity index is 722. The van der Waals surface area contributed by atoms with Crippen LogP contribution in [0, 0.1) is 0 Å². The van der Waals surface area contributed by atoms with E-state index in [0.29, 0.717) is 18.8 Å². The normalized spacial score (nSPS) is 15.1. The van der Waals surface area contributed by atoms with Crippen molar-refractivity contribution < 1.29 is 4.79 Å². The molecule has 1 aromatic heterocycles. The number of nitrogens with zero attached hydrogens (tertiary/aromatic N) is 1. The van der Waals surface area contributed by atoms with E-state index in [2.05, 4.69) is 4.98 Å². The number of likely N-dealkylation sites (tertiary alicyclic amines) is 1. The van der Waals surface area contributed by atoms with Crippen LogP contribution in [-0.4, -0.2) is 34.9 Å². The first kappa shape index (κ1) is 17.2. The van der Waals surface area contributed by atoms with Gasteiger partial charge in [-0.3, -0.25) is 9.59 Å². The largest absolute Gasteiger partial charge is 0.338 e. The number of aromatic nitrogens is 1. The number of hydrogen-bond donors (Lipinski definition) is 2. The highest BCUT2D eigenvalue weighted by Gasteiger charge is 2.23. The maximum absolute atomic E-state index is 12.4. The average Bonchev–Trinajstić information content (AvgIpc) is 2.56. The molecule has 5 nitrogen and oxygen atoms in total. The van der Waals surface area contributed by atoms with Crippen LogP contribution in [-0.2, 0) is 0 Å². The lowest BCUT2D eigenvalue weighted by Crippen LogP contribution is -2.44. The van der Waals surface area contributed by atoms with Crippen molar-refractivity contribution in [3.8, 4) is 11.3 Å². The Kier molecular flexibility index (Phi) is 5.58. The maximum atomic E-state index is 12.4. The second kappa shape index (κ2) is 7.44. The molecule has 0 atom stereocenters. The number of H-pyrrole nitrogens is 1. The fourth-order valence-corrected chi connectivity index (χ4v) is 2.70. The van der Waals surface area contributed by atoms with Gasteiger partial charge >= 0.3 is 0 Å². The zero-order valence-corrected chi connectivity index (χ0v) is 13.5. The van der Waals surface area contributed by atoms with Crippen LogP contribution in [0.5, 0.6) is 0 Å². The summed E-state index contributed by atoms with van der Waals surface area (Å²) in [5.41, 5.74) is 7.32. The van der Waals surface area contributed by atoms with Gasteiger partial charge in [-0.05, 0) is 30.5 Å². The van der Waals surface area contributed by atoms with E-state index in [9.17, 15) is 9.59 Å². The summed E-state index contributed by atoms with van der Waals surface area (Å²) in [6.45, 7) is 1.22. The minimum atomic E-state index is -0.346. The molecule has 0 saturated carbocycles. The van der Waals surface area contributed by atoms with E-state index in [0.717, 1.165) is 18.4 Å². The number of carbonyl (C=O) groups is 1. The lowest BCUT2D eigenvalue weighted by atomic mass is 10.0. The molecule has 1 aromatic carbocycles. The second-order valence-electron chi connectivity index (χ2n) is 5.61. The second-order valence-corrected chi connectivity index (χ2v) is 5.61. The summed E-state index contributed by atoms with van der Waals surface area (Å²) in [7, 11) is 0. The molecule has 0 unspecified atom stereocenters. The molecule has 1 aliphatic heterocycles. The van der Waals surface area contributed by atoms with E-state index in [1.165, 1.54) is 0 Å². The van der Waals surface area contributed by atoms with Crippen molar-refractivity contribution >= 4 is 18.3 Å². The molecule has 1 saturated heterocycles. The smallest absolute Gasteiger partial charge is 0.261 e. The summed E-state index contributed by atoms with van der Waals surface area (Å²) in [6.07, 6.45) is 1.57. The van der Waals surface area contributed by atoms with Crippen LogP contribution < -0.4 is 11.3 Å². The minimum Gasteiger partial charge on any atom is -0.338 e. The Morgan fingerprint density at radius 3 is 2.35 bits per heavy atom. The number of carbonyl (C=O) groups excluding carboxylic acids is 1. The van der Waals surface area contributed by atoms with E-state index in [4.69, 9.17) is 5.73 Å². The summed E-state index contributed by atoms with van der Waals surface area (Å²) >= 11 is 0. The molecule has 3 N–H and O–H groups in total. The fourth-order valence-electron chi connectivity index (χ4n) is 2.70.